The smallest absolute Gasteiger partial charge is 0.138 e. The van der Waals surface area contributed by atoms with Gasteiger partial charge in [0.1, 0.15) is 23.2 Å². The van der Waals surface area contributed by atoms with Gasteiger partial charge in [-0.2, -0.15) is 0 Å². The van der Waals surface area contributed by atoms with Gasteiger partial charge in [-0.3, -0.25) is 4.79 Å². The number of ether oxygens (including phenoxy) is 1. The van der Waals surface area contributed by atoms with E-state index in [2.05, 4.69) is 9.97 Å². The van der Waals surface area contributed by atoms with Crippen molar-refractivity contribution >= 4 is 40.0 Å². The molecule has 2 aromatic carbocycles. The van der Waals surface area contributed by atoms with E-state index in [4.69, 9.17) is 27.9 Å². The highest BCUT2D eigenvalue weighted by atomic mass is 35.5. The van der Waals surface area contributed by atoms with Crippen LogP contribution >= 0.6 is 23.2 Å². The van der Waals surface area contributed by atoms with Crippen LogP contribution < -0.4 is 4.74 Å². The second-order valence-electron chi connectivity index (χ2n) is 5.56. The van der Waals surface area contributed by atoms with Crippen molar-refractivity contribution in [2.75, 3.05) is 6.61 Å². The predicted octanol–water partition coefficient (Wildman–Crippen LogP) is 4.98. The van der Waals surface area contributed by atoms with Crippen LogP contribution in [0.3, 0.4) is 0 Å². The highest BCUT2D eigenvalue weighted by Crippen LogP contribution is 2.27. The summed E-state index contributed by atoms with van der Waals surface area (Å²) in [6.45, 7) is 0.242. The minimum absolute atomic E-state index is 0.0525. The molecule has 0 aliphatic rings. The quantitative estimate of drug-likeness (QED) is 0.628. The fraction of sp³-hybridized carbons (Fsp3) is 0.222. The number of fused-ring (bicyclic) bond motifs is 1. The number of ketones is 1. The average molecular weight is 381 g/mol. The third-order valence-corrected chi connectivity index (χ3v) is 4.20. The monoisotopic (exact) mass is 380 g/mol. The minimum atomic E-state index is -0.322. The maximum Gasteiger partial charge on any atom is 0.138 e. The molecule has 0 radical (unpaired) electrons. The van der Waals surface area contributed by atoms with Crippen molar-refractivity contribution in [1.29, 1.82) is 0 Å². The van der Waals surface area contributed by atoms with Crippen molar-refractivity contribution in [3.63, 3.8) is 0 Å². The standard InChI is InChI=1S/C18H15Cl2FN2O2/c19-11-1-5-17(14(20)9-11)25-8-7-13(24)3-6-18-22-15-4-2-12(21)10-16(15)23-18/h1-2,4-5,9-10H,3,6-8H2,(H,22,23). The van der Waals surface area contributed by atoms with E-state index in [9.17, 15) is 9.18 Å². The van der Waals surface area contributed by atoms with Crippen LogP contribution in [0.4, 0.5) is 4.39 Å². The number of aromatic nitrogens is 2. The zero-order valence-electron chi connectivity index (χ0n) is 13.2. The number of benzene rings is 2. The largest absolute Gasteiger partial charge is 0.492 e. The summed E-state index contributed by atoms with van der Waals surface area (Å²) in [7, 11) is 0. The molecule has 3 rings (SSSR count). The molecule has 130 valence electrons. The Labute approximate surface area is 153 Å². The Morgan fingerprint density at radius 3 is 2.80 bits per heavy atom. The molecule has 25 heavy (non-hydrogen) atoms. The molecule has 0 saturated carbocycles. The Morgan fingerprint density at radius 1 is 1.16 bits per heavy atom. The van der Waals surface area contributed by atoms with Gasteiger partial charge >= 0.3 is 0 Å². The Kier molecular flexibility index (Phi) is 5.56. The van der Waals surface area contributed by atoms with Gasteiger partial charge in [-0.15, -0.1) is 0 Å². The number of H-pyrrole nitrogens is 1. The van der Waals surface area contributed by atoms with E-state index in [1.165, 1.54) is 12.1 Å². The molecule has 0 spiro atoms. The maximum atomic E-state index is 13.2. The fourth-order valence-electron chi connectivity index (χ4n) is 2.40. The molecule has 0 fully saturated rings. The van der Waals surface area contributed by atoms with Crippen LogP contribution in [0.1, 0.15) is 18.7 Å². The predicted molar refractivity (Wildman–Crippen MR) is 96.0 cm³/mol. The van der Waals surface area contributed by atoms with Crippen molar-refractivity contribution in [2.24, 2.45) is 0 Å². The molecule has 1 aromatic heterocycles. The Hall–Kier alpha value is -2.11. The summed E-state index contributed by atoms with van der Waals surface area (Å²) in [4.78, 5) is 19.3. The molecule has 0 amide bonds. The molecule has 4 nitrogen and oxygen atoms in total. The fourth-order valence-corrected chi connectivity index (χ4v) is 2.87. The van der Waals surface area contributed by atoms with Gasteiger partial charge in [-0.1, -0.05) is 23.2 Å². The second-order valence-corrected chi connectivity index (χ2v) is 6.40. The molecule has 1 heterocycles. The molecular formula is C18H15Cl2FN2O2. The van der Waals surface area contributed by atoms with Crippen molar-refractivity contribution in [3.8, 4) is 5.75 Å². The third-order valence-electron chi connectivity index (χ3n) is 3.67. The first-order valence-corrected chi connectivity index (χ1v) is 8.50. The lowest BCUT2D eigenvalue weighted by Crippen LogP contribution is -2.08. The van der Waals surface area contributed by atoms with Gasteiger partial charge in [0, 0.05) is 24.3 Å². The highest BCUT2D eigenvalue weighted by molar-refractivity contribution is 6.35. The Bertz CT molecular complexity index is 911. The summed E-state index contributed by atoms with van der Waals surface area (Å²) in [6.07, 6.45) is 1.07. The summed E-state index contributed by atoms with van der Waals surface area (Å²) < 4.78 is 18.7. The summed E-state index contributed by atoms with van der Waals surface area (Å²) in [5.74, 6) is 0.891. The van der Waals surface area contributed by atoms with Crippen LogP contribution in [-0.2, 0) is 11.2 Å². The number of aromatic amines is 1. The lowest BCUT2D eigenvalue weighted by atomic mass is 10.1. The number of carbonyl (C=O) groups is 1. The molecule has 1 N–H and O–H groups in total. The number of nitrogens with zero attached hydrogens (tertiary/aromatic N) is 1. The summed E-state index contributed by atoms with van der Waals surface area (Å²) in [5, 5.41) is 0.939. The molecule has 0 atom stereocenters. The lowest BCUT2D eigenvalue weighted by molar-refractivity contribution is -0.119. The number of nitrogens with one attached hydrogen (secondary N) is 1. The topological polar surface area (TPSA) is 55.0 Å². The first kappa shape index (κ1) is 17.7. The Morgan fingerprint density at radius 2 is 2.00 bits per heavy atom. The van der Waals surface area contributed by atoms with Gasteiger partial charge in [0.15, 0.2) is 0 Å². The van der Waals surface area contributed by atoms with Crippen molar-refractivity contribution < 1.29 is 13.9 Å². The van der Waals surface area contributed by atoms with Crippen molar-refractivity contribution in [3.05, 3.63) is 58.1 Å². The summed E-state index contributed by atoms with van der Waals surface area (Å²) >= 11 is 11.8. The second kappa shape index (κ2) is 7.85. The van der Waals surface area contributed by atoms with Gasteiger partial charge in [-0.05, 0) is 36.4 Å². The number of hydrogen-bond donors (Lipinski definition) is 1. The zero-order valence-corrected chi connectivity index (χ0v) is 14.7. The lowest BCUT2D eigenvalue weighted by Gasteiger charge is -2.07. The van der Waals surface area contributed by atoms with E-state index < -0.39 is 0 Å². The van der Waals surface area contributed by atoms with Crippen LogP contribution in [0.5, 0.6) is 5.75 Å². The molecule has 0 saturated heterocycles. The van der Waals surface area contributed by atoms with Gasteiger partial charge in [-0.25, -0.2) is 9.37 Å². The number of Topliss-reactive ketones (excluding diaryl/α,β-unsaturated/α-hetero) is 1. The van der Waals surface area contributed by atoms with E-state index in [1.807, 2.05) is 0 Å². The van der Waals surface area contributed by atoms with Gasteiger partial charge in [0.25, 0.3) is 0 Å². The zero-order chi connectivity index (χ0) is 17.8. The molecule has 0 aliphatic heterocycles. The van der Waals surface area contributed by atoms with Gasteiger partial charge in [0.05, 0.1) is 22.7 Å². The molecular weight excluding hydrogens is 366 g/mol. The van der Waals surface area contributed by atoms with E-state index in [0.717, 1.165) is 0 Å². The number of aryl methyl sites for hydroxylation is 1. The average Bonchev–Trinajstić information content (AvgIpc) is 2.97. The normalized spacial score (nSPS) is 11.0. The third kappa shape index (κ3) is 4.71. The number of imidazole rings is 1. The van der Waals surface area contributed by atoms with Crippen LogP contribution in [0.15, 0.2) is 36.4 Å². The molecule has 7 heteroatoms. The highest BCUT2D eigenvalue weighted by Gasteiger charge is 2.09. The van der Waals surface area contributed by atoms with Crippen molar-refractivity contribution in [2.45, 2.75) is 19.3 Å². The van der Waals surface area contributed by atoms with Gasteiger partial charge < -0.3 is 9.72 Å². The first-order chi connectivity index (χ1) is 12.0. The van der Waals surface area contributed by atoms with Crippen molar-refractivity contribution in [1.82, 2.24) is 9.97 Å². The molecule has 0 unspecified atom stereocenters. The van der Waals surface area contributed by atoms with E-state index >= 15 is 0 Å². The van der Waals surface area contributed by atoms with Gasteiger partial charge in [0.2, 0.25) is 0 Å². The van der Waals surface area contributed by atoms with E-state index in [-0.39, 0.29) is 24.6 Å². The van der Waals surface area contributed by atoms with Crippen LogP contribution in [0.2, 0.25) is 10.0 Å². The SMILES string of the molecule is O=C(CCOc1ccc(Cl)cc1Cl)CCc1nc2ccc(F)cc2[nH]1. The Balaban J connectivity index is 1.47. The molecule has 0 bridgehead atoms. The maximum absolute atomic E-state index is 13.2. The minimum Gasteiger partial charge on any atom is -0.492 e. The van der Waals surface area contributed by atoms with E-state index in [1.54, 1.807) is 24.3 Å². The van der Waals surface area contributed by atoms with Crippen LogP contribution in [0.25, 0.3) is 11.0 Å². The number of halogens is 3. The summed E-state index contributed by atoms with van der Waals surface area (Å²) in [5.41, 5.74) is 1.31. The summed E-state index contributed by atoms with van der Waals surface area (Å²) in [6, 6.07) is 9.28. The number of rotatable bonds is 7. The van der Waals surface area contributed by atoms with Crippen LogP contribution in [0, 0.1) is 5.82 Å². The molecule has 3 aromatic rings. The number of hydrogen-bond acceptors (Lipinski definition) is 3. The first-order valence-electron chi connectivity index (χ1n) is 7.75. The van der Waals surface area contributed by atoms with Crippen LogP contribution in [-0.4, -0.2) is 22.4 Å². The van der Waals surface area contributed by atoms with E-state index in [0.29, 0.717) is 45.5 Å². The molecule has 0 aliphatic carbocycles. The number of carbonyl (C=O) groups excluding carboxylic acids is 1.